The number of aromatic nitrogens is 2. The van der Waals surface area contributed by atoms with E-state index in [-0.39, 0.29) is 5.91 Å². The van der Waals surface area contributed by atoms with E-state index in [0.717, 1.165) is 12.1 Å². The van der Waals surface area contributed by atoms with Gasteiger partial charge in [-0.2, -0.15) is 13.2 Å². The summed E-state index contributed by atoms with van der Waals surface area (Å²) in [5.74, 6) is -0.498. The van der Waals surface area contributed by atoms with E-state index in [9.17, 15) is 22.8 Å². The third kappa shape index (κ3) is 5.76. The molecule has 182 valence electrons. The molecule has 0 N–H and O–H groups in total. The Morgan fingerprint density at radius 1 is 0.971 bits per heavy atom. The molecule has 0 aliphatic carbocycles. The largest absolute Gasteiger partial charge is 0.447 e. The molecule has 10 heteroatoms. The first kappa shape index (κ1) is 24.2. The van der Waals surface area contributed by atoms with Crippen molar-refractivity contribution in [2.24, 2.45) is 0 Å². The first-order valence-electron chi connectivity index (χ1n) is 11.0. The smallest absolute Gasteiger partial charge is 0.416 e. The molecule has 1 saturated heterocycles. The number of ether oxygens (including phenoxy) is 1. The van der Waals surface area contributed by atoms with Crippen LogP contribution >= 0.6 is 0 Å². The fraction of sp³-hybridized carbons (Fsp3) is 0.280. The van der Waals surface area contributed by atoms with Gasteiger partial charge in [-0.25, -0.2) is 9.97 Å². The third-order valence-electron chi connectivity index (χ3n) is 5.61. The monoisotopic (exact) mass is 484 g/mol. The van der Waals surface area contributed by atoms with Crippen LogP contribution in [0.1, 0.15) is 24.2 Å². The lowest BCUT2D eigenvalue weighted by Crippen LogP contribution is -2.50. The summed E-state index contributed by atoms with van der Waals surface area (Å²) in [6.07, 6.45) is -3.97. The second-order valence-corrected chi connectivity index (χ2v) is 8.03. The third-order valence-corrected chi connectivity index (χ3v) is 5.61. The highest BCUT2D eigenvalue weighted by Crippen LogP contribution is 2.32. The average molecular weight is 484 g/mol. The predicted molar refractivity (Wildman–Crippen MR) is 122 cm³/mol. The first-order valence-corrected chi connectivity index (χ1v) is 11.0. The Balaban J connectivity index is 1.46. The van der Waals surface area contributed by atoms with E-state index in [1.165, 1.54) is 19.2 Å². The molecule has 1 amide bonds. The molecular weight excluding hydrogens is 461 g/mol. The second kappa shape index (κ2) is 10.1. The summed E-state index contributed by atoms with van der Waals surface area (Å²) in [4.78, 5) is 36.9. The van der Waals surface area contributed by atoms with Gasteiger partial charge in [0.15, 0.2) is 0 Å². The summed E-state index contributed by atoms with van der Waals surface area (Å²) in [5, 5.41) is 0. The van der Waals surface area contributed by atoms with E-state index in [0.29, 0.717) is 48.9 Å². The van der Waals surface area contributed by atoms with Gasteiger partial charge < -0.3 is 14.5 Å². The fourth-order valence-electron chi connectivity index (χ4n) is 3.86. The van der Waals surface area contributed by atoms with Gasteiger partial charge in [0.2, 0.25) is 12.1 Å². The van der Waals surface area contributed by atoms with Gasteiger partial charge in [-0.15, -0.1) is 0 Å². The minimum Gasteiger partial charge on any atom is -0.447 e. The Bertz CT molecular complexity index is 1200. The summed E-state index contributed by atoms with van der Waals surface area (Å²) in [5.41, 5.74) is 0.554. The van der Waals surface area contributed by atoms with Gasteiger partial charge in [-0.05, 0) is 18.2 Å². The van der Waals surface area contributed by atoms with Gasteiger partial charge in [0.05, 0.1) is 11.3 Å². The number of anilines is 1. The first-order chi connectivity index (χ1) is 16.7. The van der Waals surface area contributed by atoms with Crippen LogP contribution in [0.4, 0.5) is 19.1 Å². The maximum atomic E-state index is 13.1. The zero-order valence-corrected chi connectivity index (χ0v) is 18.9. The predicted octanol–water partition coefficient (Wildman–Crippen LogP) is 4.12. The molecule has 1 atom stereocenters. The van der Waals surface area contributed by atoms with Gasteiger partial charge in [0.1, 0.15) is 0 Å². The van der Waals surface area contributed by atoms with Crippen LogP contribution in [0.15, 0.2) is 66.9 Å². The Morgan fingerprint density at radius 2 is 1.69 bits per heavy atom. The van der Waals surface area contributed by atoms with Gasteiger partial charge in [0, 0.05) is 50.4 Å². The quantitative estimate of drug-likeness (QED) is 0.508. The Morgan fingerprint density at radius 3 is 2.34 bits per heavy atom. The number of alkyl halides is 3. The number of amides is 1. The number of esters is 1. The van der Waals surface area contributed by atoms with Crippen LogP contribution in [-0.4, -0.2) is 52.9 Å². The highest BCUT2D eigenvalue weighted by atomic mass is 19.4. The summed E-state index contributed by atoms with van der Waals surface area (Å²) < 4.78 is 44.6. The van der Waals surface area contributed by atoms with Crippen molar-refractivity contribution in [1.29, 1.82) is 0 Å². The van der Waals surface area contributed by atoms with Gasteiger partial charge in [-0.1, -0.05) is 42.5 Å². The zero-order valence-electron chi connectivity index (χ0n) is 18.9. The van der Waals surface area contributed by atoms with Crippen LogP contribution in [0, 0.1) is 0 Å². The van der Waals surface area contributed by atoms with E-state index >= 15 is 0 Å². The van der Waals surface area contributed by atoms with Crippen LogP contribution in [0.3, 0.4) is 0 Å². The number of rotatable bonds is 5. The lowest BCUT2D eigenvalue weighted by atomic mass is 10.1. The molecule has 4 rings (SSSR count). The van der Waals surface area contributed by atoms with Gasteiger partial charge in [-0.3, -0.25) is 9.59 Å². The number of nitrogens with zero attached hydrogens (tertiary/aromatic N) is 4. The number of hydrogen-bond donors (Lipinski definition) is 0. The SMILES string of the molecule is CC(=O)O[C@H](C(=O)N1CCN(c2nccc(-c3cccc(C(F)(F)F)c3)n2)CC1)c1ccccc1. The van der Waals surface area contributed by atoms with Crippen molar-refractivity contribution in [2.45, 2.75) is 19.2 Å². The maximum Gasteiger partial charge on any atom is 0.416 e. The molecule has 0 unspecified atom stereocenters. The molecule has 7 nitrogen and oxygen atoms in total. The molecule has 3 aromatic rings. The average Bonchev–Trinajstić information content (AvgIpc) is 2.87. The van der Waals surface area contributed by atoms with E-state index in [2.05, 4.69) is 9.97 Å². The van der Waals surface area contributed by atoms with Gasteiger partial charge >= 0.3 is 12.1 Å². The molecular formula is C25H23F3N4O3. The molecule has 0 bridgehead atoms. The molecule has 0 radical (unpaired) electrons. The zero-order chi connectivity index (χ0) is 25.0. The Kier molecular flexibility index (Phi) is 6.99. The van der Waals surface area contributed by atoms with Gasteiger partial charge in [0.25, 0.3) is 5.91 Å². The van der Waals surface area contributed by atoms with Crippen LogP contribution in [0.2, 0.25) is 0 Å². The van der Waals surface area contributed by atoms with Crippen molar-refractivity contribution in [1.82, 2.24) is 14.9 Å². The number of piperazine rings is 1. The number of carbonyl (C=O) groups is 2. The van der Waals surface area contributed by atoms with E-state index in [1.807, 2.05) is 11.0 Å². The Labute approximate surface area is 200 Å². The number of benzene rings is 2. The second-order valence-electron chi connectivity index (χ2n) is 8.03. The molecule has 1 aliphatic rings. The fourth-order valence-corrected chi connectivity index (χ4v) is 3.86. The summed E-state index contributed by atoms with van der Waals surface area (Å²) in [6.45, 7) is 2.79. The van der Waals surface area contributed by atoms with Crippen molar-refractivity contribution >= 4 is 17.8 Å². The molecule has 1 fully saturated rings. The van der Waals surface area contributed by atoms with Crippen molar-refractivity contribution in [3.8, 4) is 11.3 Å². The van der Waals surface area contributed by atoms with Crippen molar-refractivity contribution in [3.63, 3.8) is 0 Å². The Hall–Kier alpha value is -3.95. The van der Waals surface area contributed by atoms with Crippen LogP contribution < -0.4 is 4.90 Å². The van der Waals surface area contributed by atoms with Crippen LogP contribution in [0.5, 0.6) is 0 Å². The number of halogens is 3. The molecule has 1 aliphatic heterocycles. The topological polar surface area (TPSA) is 75.6 Å². The van der Waals surface area contributed by atoms with E-state index in [1.54, 1.807) is 41.3 Å². The summed E-state index contributed by atoms with van der Waals surface area (Å²) in [6, 6.07) is 15.4. The summed E-state index contributed by atoms with van der Waals surface area (Å²) >= 11 is 0. The maximum absolute atomic E-state index is 13.1. The van der Waals surface area contributed by atoms with Crippen molar-refractivity contribution in [3.05, 3.63) is 78.0 Å². The molecule has 0 spiro atoms. The summed E-state index contributed by atoms with van der Waals surface area (Å²) in [7, 11) is 0. The molecule has 0 saturated carbocycles. The lowest BCUT2D eigenvalue weighted by molar-refractivity contribution is -0.159. The number of carbonyl (C=O) groups excluding carboxylic acids is 2. The number of hydrogen-bond acceptors (Lipinski definition) is 6. The highest BCUT2D eigenvalue weighted by Gasteiger charge is 2.32. The molecule has 2 heterocycles. The van der Waals surface area contributed by atoms with Crippen molar-refractivity contribution in [2.75, 3.05) is 31.1 Å². The standard InChI is InChI=1S/C25H23F3N4O3/c1-17(33)35-22(18-6-3-2-4-7-18)23(34)31-12-14-32(15-13-31)24-29-11-10-21(30-24)19-8-5-9-20(16-19)25(26,27)28/h2-11,16,22H,12-15H2,1H3/t22-/m0/s1. The molecule has 1 aromatic heterocycles. The minimum absolute atomic E-state index is 0.315. The van der Waals surface area contributed by atoms with Crippen molar-refractivity contribution < 1.29 is 27.5 Å². The van der Waals surface area contributed by atoms with Crippen LogP contribution in [-0.2, 0) is 20.5 Å². The highest BCUT2D eigenvalue weighted by molar-refractivity contribution is 5.85. The normalized spacial score (nSPS) is 15.0. The van der Waals surface area contributed by atoms with E-state index < -0.39 is 23.8 Å². The van der Waals surface area contributed by atoms with Crippen LogP contribution in [0.25, 0.3) is 11.3 Å². The lowest BCUT2D eigenvalue weighted by Gasteiger charge is -2.36. The molecule has 35 heavy (non-hydrogen) atoms. The molecule has 2 aromatic carbocycles. The minimum atomic E-state index is -4.45. The van der Waals surface area contributed by atoms with E-state index in [4.69, 9.17) is 4.74 Å².